The molecule has 1 aromatic rings. The summed E-state index contributed by atoms with van der Waals surface area (Å²) in [5, 5.41) is 3.57. The molecule has 0 aromatic heterocycles. The second-order valence-corrected chi connectivity index (χ2v) is 5.04. The number of ether oxygens (including phenoxy) is 1. The van der Waals surface area contributed by atoms with Crippen LogP contribution in [0.5, 0.6) is 5.75 Å². The minimum atomic E-state index is 0.182. The molecule has 2 heteroatoms. The molecule has 1 aliphatic carbocycles. The molecule has 0 spiro atoms. The highest BCUT2D eigenvalue weighted by molar-refractivity contribution is 5.42. The van der Waals surface area contributed by atoms with Crippen LogP contribution in [0.25, 0.3) is 0 Å². The number of allylic oxidation sites excluding steroid dienone is 2. The van der Waals surface area contributed by atoms with E-state index in [0.29, 0.717) is 0 Å². The van der Waals surface area contributed by atoms with Crippen molar-refractivity contribution in [2.45, 2.75) is 31.6 Å². The van der Waals surface area contributed by atoms with Gasteiger partial charge in [0.15, 0.2) is 0 Å². The van der Waals surface area contributed by atoms with Crippen molar-refractivity contribution in [3.8, 4) is 5.75 Å². The molecule has 98 valence electrons. The Morgan fingerprint density at radius 1 is 1.22 bits per heavy atom. The van der Waals surface area contributed by atoms with Gasteiger partial charge in [0, 0.05) is 17.5 Å². The second kappa shape index (κ2) is 6.05. The maximum absolute atomic E-state index is 5.53. The molecule has 0 fully saturated rings. The van der Waals surface area contributed by atoms with Gasteiger partial charge in [0.2, 0.25) is 0 Å². The molecule has 1 aliphatic rings. The van der Waals surface area contributed by atoms with Crippen LogP contribution in [0.1, 0.15) is 31.7 Å². The third-order valence-electron chi connectivity index (χ3n) is 3.75. The van der Waals surface area contributed by atoms with Crippen LogP contribution in [-0.4, -0.2) is 20.2 Å². The lowest BCUT2D eigenvalue weighted by Gasteiger charge is -2.31. The van der Waals surface area contributed by atoms with Crippen LogP contribution >= 0.6 is 0 Å². The summed E-state index contributed by atoms with van der Waals surface area (Å²) in [6.07, 6.45) is 7.96. The highest BCUT2D eigenvalue weighted by atomic mass is 16.5. The predicted molar refractivity (Wildman–Crippen MR) is 76.2 cm³/mol. The summed E-state index contributed by atoms with van der Waals surface area (Å²) in [6, 6.07) is 8.42. The summed E-state index contributed by atoms with van der Waals surface area (Å²) in [7, 11) is 1.76. The summed E-state index contributed by atoms with van der Waals surface area (Å²) in [6.45, 7) is 4.31. The van der Waals surface area contributed by atoms with Gasteiger partial charge in [-0.25, -0.2) is 0 Å². The van der Waals surface area contributed by atoms with E-state index in [9.17, 15) is 0 Å². The maximum atomic E-state index is 5.53. The Labute approximate surface area is 110 Å². The monoisotopic (exact) mass is 245 g/mol. The van der Waals surface area contributed by atoms with E-state index in [-0.39, 0.29) is 5.41 Å². The van der Waals surface area contributed by atoms with E-state index in [2.05, 4.69) is 42.6 Å². The molecule has 2 rings (SSSR count). The van der Waals surface area contributed by atoms with Crippen LogP contribution in [0.4, 0.5) is 0 Å². The molecule has 0 atom stereocenters. The van der Waals surface area contributed by atoms with Crippen molar-refractivity contribution in [2.24, 2.45) is 0 Å². The summed E-state index contributed by atoms with van der Waals surface area (Å²) in [5.41, 5.74) is 1.52. The maximum Gasteiger partial charge on any atom is 0.122 e. The van der Waals surface area contributed by atoms with Crippen molar-refractivity contribution in [1.29, 1.82) is 0 Å². The van der Waals surface area contributed by atoms with Crippen LogP contribution in [0.15, 0.2) is 36.4 Å². The quantitative estimate of drug-likeness (QED) is 0.613. The van der Waals surface area contributed by atoms with Gasteiger partial charge in [-0.2, -0.15) is 0 Å². The van der Waals surface area contributed by atoms with Crippen molar-refractivity contribution in [3.63, 3.8) is 0 Å². The van der Waals surface area contributed by atoms with E-state index < -0.39 is 0 Å². The van der Waals surface area contributed by atoms with E-state index >= 15 is 0 Å². The first kappa shape index (κ1) is 13.2. The number of methoxy groups -OCH3 is 1. The Balaban J connectivity index is 2.23. The molecule has 1 N–H and O–H groups in total. The first-order chi connectivity index (χ1) is 8.82. The van der Waals surface area contributed by atoms with E-state index in [0.717, 1.165) is 31.7 Å². The molecule has 0 aliphatic heterocycles. The van der Waals surface area contributed by atoms with Gasteiger partial charge in [-0.3, -0.25) is 0 Å². The average molecular weight is 245 g/mol. The Bertz CT molecular complexity index is 403. The summed E-state index contributed by atoms with van der Waals surface area (Å²) < 4.78 is 5.53. The van der Waals surface area contributed by atoms with Gasteiger partial charge in [0.25, 0.3) is 0 Å². The fraction of sp³-hybridized carbons (Fsp3) is 0.500. The van der Waals surface area contributed by atoms with Crippen LogP contribution in [0.2, 0.25) is 0 Å². The number of benzene rings is 1. The highest BCUT2D eigenvalue weighted by Crippen LogP contribution is 2.41. The first-order valence-electron chi connectivity index (χ1n) is 6.81. The van der Waals surface area contributed by atoms with Crippen molar-refractivity contribution in [2.75, 3.05) is 20.2 Å². The Hall–Kier alpha value is -1.28. The molecule has 0 radical (unpaired) electrons. The molecule has 0 heterocycles. The molecule has 18 heavy (non-hydrogen) atoms. The van der Waals surface area contributed by atoms with E-state index in [1.807, 2.05) is 6.07 Å². The van der Waals surface area contributed by atoms with Crippen LogP contribution in [-0.2, 0) is 5.41 Å². The second-order valence-electron chi connectivity index (χ2n) is 5.04. The molecule has 0 saturated carbocycles. The fourth-order valence-electron chi connectivity index (χ4n) is 2.75. The molecule has 2 nitrogen and oxygen atoms in total. The van der Waals surface area contributed by atoms with Gasteiger partial charge >= 0.3 is 0 Å². The van der Waals surface area contributed by atoms with Gasteiger partial charge in [0.1, 0.15) is 5.75 Å². The van der Waals surface area contributed by atoms with Gasteiger partial charge in [-0.15, -0.1) is 0 Å². The molecule has 0 unspecified atom stereocenters. The van der Waals surface area contributed by atoms with E-state index in [1.165, 1.54) is 12.0 Å². The average Bonchev–Trinajstić information content (AvgIpc) is 2.89. The normalized spacial score (nSPS) is 17.0. The lowest BCUT2D eigenvalue weighted by molar-refractivity contribution is 0.368. The zero-order valence-corrected chi connectivity index (χ0v) is 11.4. The lowest BCUT2D eigenvalue weighted by Crippen LogP contribution is -2.36. The zero-order chi connectivity index (χ0) is 12.8. The van der Waals surface area contributed by atoms with E-state index in [4.69, 9.17) is 4.74 Å². The number of hydrogen-bond acceptors (Lipinski definition) is 2. The minimum absolute atomic E-state index is 0.182. The third kappa shape index (κ3) is 2.59. The summed E-state index contributed by atoms with van der Waals surface area (Å²) in [5.74, 6) is 1.01. The zero-order valence-electron chi connectivity index (χ0n) is 11.4. The molecule has 0 amide bonds. The van der Waals surface area contributed by atoms with Crippen LogP contribution in [0, 0.1) is 0 Å². The third-order valence-corrected chi connectivity index (χ3v) is 3.75. The lowest BCUT2D eigenvalue weighted by atomic mass is 9.77. The summed E-state index contributed by atoms with van der Waals surface area (Å²) >= 11 is 0. The van der Waals surface area contributed by atoms with E-state index in [1.54, 1.807) is 7.11 Å². The van der Waals surface area contributed by atoms with Crippen molar-refractivity contribution in [3.05, 3.63) is 42.0 Å². The first-order valence-corrected chi connectivity index (χ1v) is 6.81. The van der Waals surface area contributed by atoms with Crippen molar-refractivity contribution in [1.82, 2.24) is 5.32 Å². The van der Waals surface area contributed by atoms with Crippen LogP contribution < -0.4 is 10.1 Å². The van der Waals surface area contributed by atoms with Gasteiger partial charge in [0.05, 0.1) is 7.11 Å². The Morgan fingerprint density at radius 3 is 2.61 bits per heavy atom. The number of hydrogen-bond donors (Lipinski definition) is 1. The topological polar surface area (TPSA) is 21.3 Å². The van der Waals surface area contributed by atoms with Crippen LogP contribution in [0.3, 0.4) is 0 Å². The standard InChI is InChI=1S/C16H23NO/c1-3-12-17-13-16(10-6-7-11-16)14-8-4-5-9-15(14)18-2/h4-9,17H,3,10-13H2,1-2H3. The molecular weight excluding hydrogens is 222 g/mol. The number of nitrogens with one attached hydrogen (secondary N) is 1. The van der Waals surface area contributed by atoms with Gasteiger partial charge in [-0.1, -0.05) is 37.3 Å². The van der Waals surface area contributed by atoms with Crippen molar-refractivity contribution < 1.29 is 4.74 Å². The molecule has 0 saturated heterocycles. The smallest absolute Gasteiger partial charge is 0.122 e. The fourth-order valence-corrected chi connectivity index (χ4v) is 2.75. The largest absolute Gasteiger partial charge is 0.496 e. The highest BCUT2D eigenvalue weighted by Gasteiger charge is 2.34. The Kier molecular flexibility index (Phi) is 4.43. The molecular formula is C16H23NO. The Morgan fingerprint density at radius 2 is 1.94 bits per heavy atom. The van der Waals surface area contributed by atoms with Gasteiger partial charge < -0.3 is 10.1 Å². The van der Waals surface area contributed by atoms with Gasteiger partial charge in [-0.05, 0) is 31.9 Å². The number of para-hydroxylation sites is 1. The molecule has 0 bridgehead atoms. The SMILES string of the molecule is CCCNCC1(c2ccccc2OC)CC=CC1. The molecule has 1 aromatic carbocycles. The predicted octanol–water partition coefficient (Wildman–Crippen LogP) is 3.28. The number of rotatable bonds is 6. The van der Waals surface area contributed by atoms with Crippen molar-refractivity contribution >= 4 is 0 Å². The summed E-state index contributed by atoms with van der Waals surface area (Å²) in [4.78, 5) is 0. The minimum Gasteiger partial charge on any atom is -0.496 e.